The number of rotatable bonds is 4. The van der Waals surface area contributed by atoms with E-state index in [1.54, 1.807) is 0 Å². The van der Waals surface area contributed by atoms with Crippen molar-refractivity contribution in [2.45, 2.75) is 38.6 Å². The summed E-state index contributed by atoms with van der Waals surface area (Å²) in [5.74, 6) is 0.556. The van der Waals surface area contributed by atoms with Crippen molar-refractivity contribution < 1.29 is 0 Å². The number of hydrogen-bond donors (Lipinski definition) is 1. The second kappa shape index (κ2) is 8.37. The molecule has 4 heteroatoms. The summed E-state index contributed by atoms with van der Waals surface area (Å²) in [5.41, 5.74) is 4.13. The first-order valence-corrected chi connectivity index (χ1v) is 11.8. The number of benzene rings is 1. The number of thiophene rings is 1. The van der Waals surface area contributed by atoms with Crippen LogP contribution in [0.3, 0.4) is 0 Å². The quantitative estimate of drug-likeness (QED) is 0.709. The Morgan fingerprint density at radius 2 is 2.03 bits per heavy atom. The third-order valence-corrected chi connectivity index (χ3v) is 7.58. The van der Waals surface area contributed by atoms with Crippen LogP contribution in [0, 0.1) is 0 Å². The van der Waals surface area contributed by atoms with Crippen molar-refractivity contribution in [1.82, 2.24) is 15.2 Å². The van der Waals surface area contributed by atoms with E-state index in [2.05, 4.69) is 78.7 Å². The zero-order valence-corrected chi connectivity index (χ0v) is 18.6. The molecule has 3 nitrogen and oxygen atoms in total. The summed E-state index contributed by atoms with van der Waals surface area (Å²) in [5, 5.41) is 6.15. The van der Waals surface area contributed by atoms with Crippen LogP contribution in [0.4, 0.5) is 0 Å². The molecule has 1 aliphatic heterocycles. The Bertz CT molecular complexity index is 1150. The maximum absolute atomic E-state index is 4.87. The highest BCUT2D eigenvalue weighted by atomic mass is 32.1. The number of nitrogens with one attached hydrogen (secondary N) is 1. The highest BCUT2D eigenvalue weighted by Gasteiger charge is 2.26. The first-order valence-electron chi connectivity index (χ1n) is 11.0. The second-order valence-corrected chi connectivity index (χ2v) is 9.79. The number of hydrogen-bond acceptors (Lipinski definition) is 4. The SMILES string of the molecule is CC(C)c1cc2c(s1)CC=c1cccnc1=C2N1CCNC(Cc2ccccc2)C1. The molecule has 1 aliphatic carbocycles. The van der Waals surface area contributed by atoms with Gasteiger partial charge in [0.1, 0.15) is 0 Å². The van der Waals surface area contributed by atoms with Gasteiger partial charge in [0.25, 0.3) is 0 Å². The predicted molar refractivity (Wildman–Crippen MR) is 126 cm³/mol. The highest BCUT2D eigenvalue weighted by molar-refractivity contribution is 7.12. The van der Waals surface area contributed by atoms with E-state index in [0.717, 1.165) is 37.8 Å². The largest absolute Gasteiger partial charge is 0.366 e. The van der Waals surface area contributed by atoms with Gasteiger partial charge in [0.2, 0.25) is 0 Å². The lowest BCUT2D eigenvalue weighted by Crippen LogP contribution is -2.52. The Kier molecular flexibility index (Phi) is 5.45. The summed E-state index contributed by atoms with van der Waals surface area (Å²) in [6, 6.07) is 18.0. The van der Waals surface area contributed by atoms with Crippen LogP contribution in [0.15, 0.2) is 54.7 Å². The van der Waals surface area contributed by atoms with Crippen molar-refractivity contribution in [3.63, 3.8) is 0 Å². The maximum Gasteiger partial charge on any atom is 0.0938 e. The molecule has 3 heterocycles. The fourth-order valence-corrected chi connectivity index (χ4v) is 5.71. The van der Waals surface area contributed by atoms with E-state index in [1.165, 1.54) is 31.8 Å². The lowest BCUT2D eigenvalue weighted by Gasteiger charge is -2.37. The fourth-order valence-electron chi connectivity index (χ4n) is 4.58. The predicted octanol–water partition coefficient (Wildman–Crippen LogP) is 3.28. The van der Waals surface area contributed by atoms with Gasteiger partial charge in [0.05, 0.1) is 11.0 Å². The summed E-state index contributed by atoms with van der Waals surface area (Å²) in [7, 11) is 0. The van der Waals surface area contributed by atoms with Crippen molar-refractivity contribution >= 4 is 23.1 Å². The Balaban J connectivity index is 1.56. The van der Waals surface area contributed by atoms with Crippen LogP contribution in [-0.4, -0.2) is 35.6 Å². The molecule has 2 aromatic heterocycles. The van der Waals surface area contributed by atoms with E-state index >= 15 is 0 Å². The highest BCUT2D eigenvalue weighted by Crippen LogP contribution is 2.34. The van der Waals surface area contributed by atoms with Gasteiger partial charge in [-0.1, -0.05) is 56.3 Å². The Morgan fingerprint density at radius 3 is 2.87 bits per heavy atom. The van der Waals surface area contributed by atoms with Crippen molar-refractivity contribution in [3.8, 4) is 0 Å². The molecule has 154 valence electrons. The molecule has 0 bridgehead atoms. The molecule has 0 spiro atoms. The molecule has 0 radical (unpaired) electrons. The van der Waals surface area contributed by atoms with E-state index in [4.69, 9.17) is 4.98 Å². The van der Waals surface area contributed by atoms with E-state index in [1.807, 2.05) is 17.5 Å². The van der Waals surface area contributed by atoms with Gasteiger partial charge in [-0.05, 0) is 35.3 Å². The average Bonchev–Trinajstić information content (AvgIpc) is 3.12. The summed E-state index contributed by atoms with van der Waals surface area (Å²) >= 11 is 1.98. The molecular formula is C26H29N3S. The third-order valence-electron chi connectivity index (χ3n) is 6.12. The van der Waals surface area contributed by atoms with Gasteiger partial charge in [0, 0.05) is 53.6 Å². The van der Waals surface area contributed by atoms with Gasteiger partial charge in [-0.3, -0.25) is 4.98 Å². The molecule has 2 aliphatic rings. The molecule has 1 N–H and O–H groups in total. The number of pyridine rings is 1. The molecule has 1 atom stereocenters. The Hall–Kier alpha value is -2.43. The van der Waals surface area contributed by atoms with E-state index < -0.39 is 0 Å². The number of nitrogens with zero attached hydrogens (tertiary/aromatic N) is 2. The van der Waals surface area contributed by atoms with Gasteiger partial charge in [0.15, 0.2) is 0 Å². The minimum Gasteiger partial charge on any atom is -0.366 e. The zero-order valence-electron chi connectivity index (χ0n) is 17.8. The molecule has 0 saturated carbocycles. The standard InChI is InChI=1S/C26H29N3S/c1-18(2)24-16-22-23(30-24)11-10-20-9-6-12-28-25(20)26(22)29-14-13-27-21(17-29)15-19-7-4-3-5-8-19/h3-10,12,16,18,21,27H,11,13-15,17H2,1-2H3. The van der Waals surface area contributed by atoms with Crippen LogP contribution in [0.1, 0.15) is 40.6 Å². The normalized spacial score (nSPS) is 18.6. The summed E-state index contributed by atoms with van der Waals surface area (Å²) < 4.78 is 0. The third kappa shape index (κ3) is 3.82. The summed E-state index contributed by atoms with van der Waals surface area (Å²) in [6.07, 6.45) is 6.35. The molecular weight excluding hydrogens is 386 g/mol. The molecule has 1 aromatic carbocycles. The van der Waals surface area contributed by atoms with Crippen LogP contribution >= 0.6 is 11.3 Å². The van der Waals surface area contributed by atoms with Gasteiger partial charge in [-0.2, -0.15) is 0 Å². The summed E-state index contributed by atoms with van der Waals surface area (Å²) in [4.78, 5) is 10.4. The molecule has 0 amide bonds. The monoisotopic (exact) mass is 415 g/mol. The lowest BCUT2D eigenvalue weighted by atomic mass is 10.0. The van der Waals surface area contributed by atoms with Crippen molar-refractivity contribution in [2.24, 2.45) is 0 Å². The Labute approximate surface area is 182 Å². The van der Waals surface area contributed by atoms with Crippen LogP contribution in [0.5, 0.6) is 0 Å². The van der Waals surface area contributed by atoms with Crippen LogP contribution in [0.25, 0.3) is 11.8 Å². The fraction of sp³-hybridized carbons (Fsp3) is 0.346. The molecule has 30 heavy (non-hydrogen) atoms. The van der Waals surface area contributed by atoms with Gasteiger partial charge in [-0.15, -0.1) is 11.3 Å². The maximum atomic E-state index is 4.87. The smallest absolute Gasteiger partial charge is 0.0938 e. The Morgan fingerprint density at radius 1 is 1.17 bits per heavy atom. The molecule has 1 unspecified atom stereocenters. The molecule has 1 saturated heterocycles. The van der Waals surface area contributed by atoms with Crippen molar-refractivity contribution in [2.75, 3.05) is 19.6 Å². The van der Waals surface area contributed by atoms with Gasteiger partial charge in [-0.25, -0.2) is 0 Å². The molecule has 1 fully saturated rings. The van der Waals surface area contributed by atoms with E-state index in [0.29, 0.717) is 12.0 Å². The molecule has 3 aromatic rings. The van der Waals surface area contributed by atoms with Crippen LogP contribution < -0.4 is 15.9 Å². The topological polar surface area (TPSA) is 28.2 Å². The lowest BCUT2D eigenvalue weighted by molar-refractivity contribution is 0.276. The number of fused-ring (bicyclic) bond motifs is 2. The summed E-state index contributed by atoms with van der Waals surface area (Å²) in [6.45, 7) is 7.61. The number of piperazine rings is 1. The number of aromatic nitrogens is 1. The zero-order chi connectivity index (χ0) is 20.5. The average molecular weight is 416 g/mol. The minimum atomic E-state index is 0.444. The van der Waals surface area contributed by atoms with Crippen LogP contribution in [-0.2, 0) is 12.8 Å². The van der Waals surface area contributed by atoms with E-state index in [-0.39, 0.29) is 0 Å². The van der Waals surface area contributed by atoms with Crippen molar-refractivity contribution in [1.29, 1.82) is 0 Å². The van der Waals surface area contributed by atoms with Gasteiger partial charge < -0.3 is 10.2 Å². The first kappa shape index (κ1) is 19.5. The second-order valence-electron chi connectivity index (χ2n) is 8.63. The first-order chi connectivity index (χ1) is 14.7. The van der Waals surface area contributed by atoms with Crippen molar-refractivity contribution in [3.05, 3.63) is 86.2 Å². The van der Waals surface area contributed by atoms with Crippen LogP contribution in [0.2, 0.25) is 0 Å². The van der Waals surface area contributed by atoms with Gasteiger partial charge >= 0.3 is 0 Å². The molecule has 5 rings (SSSR count). The van der Waals surface area contributed by atoms with E-state index in [9.17, 15) is 0 Å². The minimum absolute atomic E-state index is 0.444.